The molecule has 0 aliphatic heterocycles. The van der Waals surface area contributed by atoms with Gasteiger partial charge in [-0.3, -0.25) is 9.59 Å². The molecule has 1 fully saturated rings. The monoisotopic (exact) mass is 462 g/mol. The van der Waals surface area contributed by atoms with Gasteiger partial charge in [0.15, 0.2) is 0 Å². The van der Waals surface area contributed by atoms with E-state index in [4.69, 9.17) is 9.84 Å². The van der Waals surface area contributed by atoms with Gasteiger partial charge in [0, 0.05) is 12.5 Å². The highest BCUT2D eigenvalue weighted by Gasteiger charge is 2.48. The molecule has 4 rings (SSSR count). The predicted molar refractivity (Wildman–Crippen MR) is 110 cm³/mol. The third kappa shape index (κ3) is 4.79. The van der Waals surface area contributed by atoms with E-state index >= 15 is 0 Å². The number of alkyl carbamates (subject to hydrolysis) is 1. The van der Waals surface area contributed by atoms with Gasteiger partial charge in [-0.25, -0.2) is 4.79 Å². The Bertz CT molecular complexity index is 1040. The first-order valence-corrected chi connectivity index (χ1v) is 10.4. The average molecular weight is 462 g/mol. The van der Waals surface area contributed by atoms with Gasteiger partial charge in [0.2, 0.25) is 6.04 Å². The normalized spacial score (nSPS) is 19.7. The van der Waals surface area contributed by atoms with Crippen molar-refractivity contribution in [2.45, 2.75) is 24.6 Å². The first-order chi connectivity index (χ1) is 15.7. The van der Waals surface area contributed by atoms with E-state index < -0.39 is 42.0 Å². The van der Waals surface area contributed by atoms with Gasteiger partial charge in [0.1, 0.15) is 6.61 Å². The number of nitrogens with one attached hydrogen (secondary N) is 2. The number of benzene rings is 2. The van der Waals surface area contributed by atoms with E-state index in [1.165, 1.54) is 0 Å². The molecule has 2 aliphatic rings. The zero-order valence-corrected chi connectivity index (χ0v) is 17.3. The SMILES string of the molecule is O=C(NC(C(=O)NCC1CC1C(=O)O)C(F)(F)F)OCC1c2ccccc2-c2ccccc21. The molecule has 0 heterocycles. The van der Waals surface area contributed by atoms with Crippen LogP contribution in [0.4, 0.5) is 18.0 Å². The summed E-state index contributed by atoms with van der Waals surface area (Å²) >= 11 is 0. The fourth-order valence-corrected chi connectivity index (χ4v) is 4.16. The largest absolute Gasteiger partial charge is 0.481 e. The Morgan fingerprint density at radius 2 is 1.61 bits per heavy atom. The Hall–Kier alpha value is -3.56. The Morgan fingerprint density at radius 1 is 1.03 bits per heavy atom. The first kappa shape index (κ1) is 22.6. The Balaban J connectivity index is 1.37. The van der Waals surface area contributed by atoms with Gasteiger partial charge in [0.25, 0.3) is 5.91 Å². The Morgan fingerprint density at radius 3 is 2.12 bits per heavy atom. The maximum absolute atomic E-state index is 13.4. The highest BCUT2D eigenvalue weighted by atomic mass is 19.4. The zero-order chi connectivity index (χ0) is 23.8. The average Bonchev–Trinajstić information content (AvgIpc) is 3.49. The molecule has 7 nitrogen and oxygen atoms in total. The van der Waals surface area contributed by atoms with Crippen LogP contribution in [0.5, 0.6) is 0 Å². The van der Waals surface area contributed by atoms with Crippen LogP contribution in [-0.4, -0.2) is 48.4 Å². The van der Waals surface area contributed by atoms with Crippen molar-refractivity contribution < 1.29 is 37.4 Å². The molecule has 2 amide bonds. The second-order valence-electron chi connectivity index (χ2n) is 8.13. The molecule has 3 atom stereocenters. The van der Waals surface area contributed by atoms with E-state index in [0.29, 0.717) is 0 Å². The summed E-state index contributed by atoms with van der Waals surface area (Å²) in [5.41, 5.74) is 3.73. The first-order valence-electron chi connectivity index (χ1n) is 10.4. The minimum absolute atomic E-state index is 0.200. The number of rotatable bonds is 7. The summed E-state index contributed by atoms with van der Waals surface area (Å²) in [5, 5.41) is 12.5. The maximum Gasteiger partial charge on any atom is 0.417 e. The number of hydrogen-bond acceptors (Lipinski definition) is 4. The fourth-order valence-electron chi connectivity index (χ4n) is 4.16. The lowest BCUT2D eigenvalue weighted by molar-refractivity contribution is -0.167. The number of carbonyl (C=O) groups excluding carboxylic acids is 2. The van der Waals surface area contributed by atoms with Crippen LogP contribution in [0.3, 0.4) is 0 Å². The second kappa shape index (κ2) is 8.76. The molecule has 0 saturated heterocycles. The summed E-state index contributed by atoms with van der Waals surface area (Å²) in [6.45, 7) is -0.414. The molecule has 33 heavy (non-hydrogen) atoms. The van der Waals surface area contributed by atoms with Crippen molar-refractivity contribution in [1.29, 1.82) is 0 Å². The van der Waals surface area contributed by atoms with Crippen LogP contribution in [0.1, 0.15) is 23.5 Å². The number of halogens is 3. The molecule has 174 valence electrons. The number of carboxylic acids is 1. The molecule has 3 N–H and O–H groups in total. The molecule has 2 aliphatic carbocycles. The van der Waals surface area contributed by atoms with Crippen LogP contribution < -0.4 is 10.6 Å². The smallest absolute Gasteiger partial charge is 0.417 e. The van der Waals surface area contributed by atoms with E-state index in [2.05, 4.69) is 5.32 Å². The lowest BCUT2D eigenvalue weighted by Crippen LogP contribution is -2.55. The van der Waals surface area contributed by atoms with Crippen molar-refractivity contribution in [2.75, 3.05) is 13.2 Å². The molecule has 2 aromatic carbocycles. The van der Waals surface area contributed by atoms with Crippen molar-refractivity contribution in [2.24, 2.45) is 11.8 Å². The molecule has 0 bridgehead atoms. The summed E-state index contributed by atoms with van der Waals surface area (Å²) in [5.74, 6) is -3.96. The molecular formula is C23H21F3N2O5. The molecule has 1 saturated carbocycles. The van der Waals surface area contributed by atoms with Gasteiger partial charge < -0.3 is 20.5 Å². The van der Waals surface area contributed by atoms with Crippen molar-refractivity contribution in [3.05, 3.63) is 59.7 Å². The van der Waals surface area contributed by atoms with Crippen molar-refractivity contribution in [3.63, 3.8) is 0 Å². The summed E-state index contributed by atoms with van der Waals surface area (Å²) in [7, 11) is 0. The number of amides is 2. The van der Waals surface area contributed by atoms with Crippen molar-refractivity contribution >= 4 is 18.0 Å². The standard InChI is InChI=1S/C23H21F3N2O5/c24-23(25,26)19(20(29)27-10-12-9-17(12)21(30)31)28-22(32)33-11-18-15-7-3-1-5-13(15)14-6-2-4-8-16(14)18/h1-8,12,17-19H,9-11H2,(H,27,29)(H,28,32)(H,30,31). The Kier molecular flexibility index (Phi) is 6.01. The topological polar surface area (TPSA) is 105 Å². The van der Waals surface area contributed by atoms with Gasteiger partial charge in [0.05, 0.1) is 5.92 Å². The lowest BCUT2D eigenvalue weighted by atomic mass is 9.98. The van der Waals surface area contributed by atoms with E-state index in [1.807, 2.05) is 48.5 Å². The van der Waals surface area contributed by atoms with E-state index in [0.717, 1.165) is 22.3 Å². The van der Waals surface area contributed by atoms with Gasteiger partial charge in [-0.15, -0.1) is 0 Å². The number of carboxylic acid groups (broad SMARTS) is 1. The molecule has 2 aromatic rings. The van der Waals surface area contributed by atoms with E-state index in [1.54, 1.807) is 5.32 Å². The molecule has 0 spiro atoms. The van der Waals surface area contributed by atoms with Crippen LogP contribution in [0.2, 0.25) is 0 Å². The molecular weight excluding hydrogens is 441 g/mol. The van der Waals surface area contributed by atoms with Crippen LogP contribution in [0.25, 0.3) is 11.1 Å². The van der Waals surface area contributed by atoms with E-state index in [9.17, 15) is 27.6 Å². The number of fused-ring (bicyclic) bond motifs is 3. The second-order valence-corrected chi connectivity index (χ2v) is 8.13. The Labute approximate surface area is 186 Å². The highest BCUT2D eigenvalue weighted by molar-refractivity contribution is 5.86. The molecule has 0 radical (unpaired) electrons. The molecule has 0 aromatic heterocycles. The van der Waals surface area contributed by atoms with E-state index in [-0.39, 0.29) is 25.5 Å². The van der Waals surface area contributed by atoms with Gasteiger partial charge in [-0.05, 0) is 34.6 Å². The molecule has 10 heteroatoms. The van der Waals surface area contributed by atoms with Crippen LogP contribution in [0.15, 0.2) is 48.5 Å². The summed E-state index contributed by atoms with van der Waals surface area (Å²) in [4.78, 5) is 35.1. The third-order valence-corrected chi connectivity index (χ3v) is 5.97. The number of ether oxygens (including phenoxy) is 1. The summed E-state index contributed by atoms with van der Waals surface area (Å²) in [6, 6.07) is 12.2. The predicted octanol–water partition coefficient (Wildman–Crippen LogP) is 3.29. The number of alkyl halides is 3. The summed E-state index contributed by atoms with van der Waals surface area (Å²) in [6.07, 6.45) is -6.14. The fraction of sp³-hybridized carbons (Fsp3) is 0.348. The van der Waals surface area contributed by atoms with Gasteiger partial charge in [-0.1, -0.05) is 48.5 Å². The number of hydrogen-bond donors (Lipinski definition) is 3. The quantitative estimate of drug-likeness (QED) is 0.586. The van der Waals surface area contributed by atoms with Crippen LogP contribution >= 0.6 is 0 Å². The third-order valence-electron chi connectivity index (χ3n) is 5.97. The van der Waals surface area contributed by atoms with Crippen LogP contribution in [-0.2, 0) is 14.3 Å². The minimum atomic E-state index is -5.05. The highest BCUT2D eigenvalue weighted by Crippen LogP contribution is 2.44. The van der Waals surface area contributed by atoms with Gasteiger partial charge in [-0.2, -0.15) is 13.2 Å². The lowest BCUT2D eigenvalue weighted by Gasteiger charge is -2.21. The summed E-state index contributed by atoms with van der Waals surface area (Å²) < 4.78 is 45.3. The maximum atomic E-state index is 13.4. The van der Waals surface area contributed by atoms with Crippen LogP contribution in [0, 0.1) is 11.8 Å². The number of aliphatic carboxylic acids is 1. The minimum Gasteiger partial charge on any atom is -0.481 e. The van der Waals surface area contributed by atoms with Gasteiger partial charge >= 0.3 is 18.2 Å². The molecule has 3 unspecified atom stereocenters. The zero-order valence-electron chi connectivity index (χ0n) is 17.3. The number of carbonyl (C=O) groups is 3. The van der Waals surface area contributed by atoms with Crippen molar-refractivity contribution in [3.8, 4) is 11.1 Å². The van der Waals surface area contributed by atoms with Crippen molar-refractivity contribution in [1.82, 2.24) is 10.6 Å².